The molecule has 1 atom stereocenters. The van der Waals surface area contributed by atoms with E-state index in [1.165, 1.54) is 0 Å². The first-order valence-corrected chi connectivity index (χ1v) is 5.71. The lowest BCUT2D eigenvalue weighted by molar-refractivity contribution is -0.148. The van der Waals surface area contributed by atoms with Crippen LogP contribution < -0.4 is 4.74 Å². The van der Waals surface area contributed by atoms with E-state index in [2.05, 4.69) is 0 Å². The molecule has 17 heavy (non-hydrogen) atoms. The monoisotopic (exact) mass is 235 g/mol. The zero-order valence-electron chi connectivity index (χ0n) is 10.2. The van der Waals surface area contributed by atoms with Gasteiger partial charge in [-0.15, -0.1) is 0 Å². The Morgan fingerprint density at radius 1 is 1.41 bits per heavy atom. The highest BCUT2D eigenvalue weighted by Gasteiger charge is 2.23. The molecule has 1 aliphatic rings. The molecule has 2 rings (SSSR count). The maximum absolute atomic E-state index is 11.6. The van der Waals surface area contributed by atoms with Crippen molar-refractivity contribution in [3.63, 3.8) is 0 Å². The second kappa shape index (κ2) is 5.19. The molecule has 1 aliphatic heterocycles. The van der Waals surface area contributed by atoms with Crippen molar-refractivity contribution in [3.05, 3.63) is 29.8 Å². The van der Waals surface area contributed by atoms with Crippen LogP contribution in [0, 0.1) is 0 Å². The number of benzene rings is 1. The number of hydrogen-bond donors (Lipinski definition) is 0. The number of carbonyl (C=O) groups excluding carboxylic acids is 1. The summed E-state index contributed by atoms with van der Waals surface area (Å²) in [5.74, 6) is 0.884. The molecular formula is C13H17NO3. The average Bonchev–Trinajstić information content (AvgIpc) is 2.35. The predicted molar refractivity (Wildman–Crippen MR) is 63.8 cm³/mol. The third-order valence-electron chi connectivity index (χ3n) is 2.85. The zero-order valence-corrected chi connectivity index (χ0v) is 10.2. The van der Waals surface area contributed by atoms with Crippen molar-refractivity contribution in [1.29, 1.82) is 0 Å². The van der Waals surface area contributed by atoms with Crippen molar-refractivity contribution < 1.29 is 14.3 Å². The minimum Gasteiger partial charge on any atom is -0.497 e. The summed E-state index contributed by atoms with van der Waals surface area (Å²) in [4.78, 5) is 13.5. The highest BCUT2D eigenvalue weighted by Crippen LogP contribution is 2.15. The summed E-state index contributed by atoms with van der Waals surface area (Å²) in [6.45, 7) is 3.46. The van der Waals surface area contributed by atoms with Crippen LogP contribution in [0.4, 0.5) is 0 Å². The highest BCUT2D eigenvalue weighted by atomic mass is 16.5. The van der Waals surface area contributed by atoms with E-state index in [0.29, 0.717) is 13.1 Å². The Labute approximate surface area is 101 Å². The molecule has 0 radical (unpaired) electrons. The SMILES string of the molecule is COc1ccc(CN2CC(C)OCC2=O)cc1. The smallest absolute Gasteiger partial charge is 0.248 e. The Hall–Kier alpha value is -1.55. The fraction of sp³-hybridized carbons (Fsp3) is 0.462. The molecule has 1 unspecified atom stereocenters. The number of morpholine rings is 1. The Morgan fingerprint density at radius 3 is 2.76 bits per heavy atom. The van der Waals surface area contributed by atoms with Gasteiger partial charge in [0.1, 0.15) is 12.4 Å². The van der Waals surface area contributed by atoms with Crippen LogP contribution in [0.25, 0.3) is 0 Å². The van der Waals surface area contributed by atoms with Crippen LogP contribution >= 0.6 is 0 Å². The van der Waals surface area contributed by atoms with Gasteiger partial charge in [0.2, 0.25) is 5.91 Å². The Kier molecular flexibility index (Phi) is 3.64. The van der Waals surface area contributed by atoms with Crippen LogP contribution in [0.15, 0.2) is 24.3 Å². The second-order valence-corrected chi connectivity index (χ2v) is 4.24. The summed E-state index contributed by atoms with van der Waals surface area (Å²) in [6, 6.07) is 7.77. The Bertz CT molecular complexity index is 388. The molecule has 0 N–H and O–H groups in total. The quantitative estimate of drug-likeness (QED) is 0.795. The van der Waals surface area contributed by atoms with Crippen LogP contribution in [0.5, 0.6) is 5.75 Å². The normalized spacial score (nSPS) is 20.5. The molecular weight excluding hydrogens is 218 g/mol. The fourth-order valence-electron chi connectivity index (χ4n) is 1.87. The molecule has 0 aliphatic carbocycles. The Morgan fingerprint density at radius 2 is 2.12 bits per heavy atom. The van der Waals surface area contributed by atoms with Crippen LogP contribution in [0.1, 0.15) is 12.5 Å². The first-order chi connectivity index (χ1) is 8.19. The molecule has 1 aromatic carbocycles. The van der Waals surface area contributed by atoms with Crippen LogP contribution in [0.3, 0.4) is 0 Å². The van der Waals surface area contributed by atoms with Gasteiger partial charge >= 0.3 is 0 Å². The minimum atomic E-state index is 0.0546. The first-order valence-electron chi connectivity index (χ1n) is 5.71. The van der Waals surface area contributed by atoms with Crippen molar-refractivity contribution in [2.45, 2.75) is 19.6 Å². The number of rotatable bonds is 3. The number of ether oxygens (including phenoxy) is 2. The largest absolute Gasteiger partial charge is 0.497 e. The van der Waals surface area contributed by atoms with E-state index in [1.807, 2.05) is 36.1 Å². The summed E-state index contributed by atoms with van der Waals surface area (Å²) >= 11 is 0. The van der Waals surface area contributed by atoms with E-state index in [9.17, 15) is 4.79 Å². The van der Waals surface area contributed by atoms with Crippen molar-refractivity contribution >= 4 is 5.91 Å². The molecule has 4 heteroatoms. The van der Waals surface area contributed by atoms with Gasteiger partial charge in [-0.3, -0.25) is 4.79 Å². The van der Waals surface area contributed by atoms with Gasteiger partial charge in [0, 0.05) is 13.1 Å². The van der Waals surface area contributed by atoms with Crippen LogP contribution in [-0.2, 0) is 16.1 Å². The third kappa shape index (κ3) is 2.97. The fourth-order valence-corrected chi connectivity index (χ4v) is 1.87. The van der Waals surface area contributed by atoms with Crippen LogP contribution in [0.2, 0.25) is 0 Å². The van der Waals surface area contributed by atoms with E-state index in [1.54, 1.807) is 7.11 Å². The number of amides is 1. The van der Waals surface area contributed by atoms with Gasteiger partial charge in [0.15, 0.2) is 0 Å². The lowest BCUT2D eigenvalue weighted by atomic mass is 10.2. The van der Waals surface area contributed by atoms with Gasteiger partial charge in [-0.1, -0.05) is 12.1 Å². The molecule has 4 nitrogen and oxygen atoms in total. The zero-order chi connectivity index (χ0) is 12.3. The molecule has 92 valence electrons. The van der Waals surface area contributed by atoms with Crippen molar-refractivity contribution in [2.24, 2.45) is 0 Å². The summed E-state index contributed by atoms with van der Waals surface area (Å²) < 4.78 is 10.4. The number of hydrogen-bond acceptors (Lipinski definition) is 3. The highest BCUT2D eigenvalue weighted by molar-refractivity contribution is 5.78. The van der Waals surface area contributed by atoms with Crippen molar-refractivity contribution in [3.8, 4) is 5.75 Å². The van der Waals surface area contributed by atoms with Crippen molar-refractivity contribution in [1.82, 2.24) is 4.90 Å². The van der Waals surface area contributed by atoms with Crippen molar-refractivity contribution in [2.75, 3.05) is 20.3 Å². The summed E-state index contributed by atoms with van der Waals surface area (Å²) in [7, 11) is 1.64. The van der Waals surface area contributed by atoms with Gasteiger partial charge in [0.25, 0.3) is 0 Å². The molecule has 1 fully saturated rings. The lowest BCUT2D eigenvalue weighted by Gasteiger charge is -2.31. The minimum absolute atomic E-state index is 0.0546. The van der Waals surface area contributed by atoms with E-state index >= 15 is 0 Å². The van der Waals surface area contributed by atoms with E-state index < -0.39 is 0 Å². The maximum atomic E-state index is 11.6. The Balaban J connectivity index is 2.01. The summed E-state index contributed by atoms with van der Waals surface area (Å²) in [5, 5.41) is 0. The van der Waals surface area contributed by atoms with Gasteiger partial charge in [-0.25, -0.2) is 0 Å². The number of methoxy groups -OCH3 is 1. The lowest BCUT2D eigenvalue weighted by Crippen LogP contribution is -2.44. The molecule has 1 heterocycles. The van der Waals surface area contributed by atoms with Gasteiger partial charge in [0.05, 0.1) is 13.2 Å². The maximum Gasteiger partial charge on any atom is 0.248 e. The molecule has 1 saturated heterocycles. The predicted octanol–water partition coefficient (Wildman–Crippen LogP) is 1.44. The molecule has 0 bridgehead atoms. The molecule has 0 spiro atoms. The topological polar surface area (TPSA) is 38.8 Å². The third-order valence-corrected chi connectivity index (χ3v) is 2.85. The molecule has 0 saturated carbocycles. The van der Waals surface area contributed by atoms with Gasteiger partial charge in [-0.2, -0.15) is 0 Å². The standard InChI is InChI=1S/C13H17NO3/c1-10-7-14(13(15)9-17-10)8-11-3-5-12(16-2)6-4-11/h3-6,10H,7-9H2,1-2H3. The summed E-state index contributed by atoms with van der Waals surface area (Å²) in [6.07, 6.45) is 0.117. The van der Waals surface area contributed by atoms with E-state index in [-0.39, 0.29) is 18.6 Å². The number of nitrogens with zero attached hydrogens (tertiary/aromatic N) is 1. The average molecular weight is 235 g/mol. The van der Waals surface area contributed by atoms with E-state index in [4.69, 9.17) is 9.47 Å². The molecule has 0 aromatic heterocycles. The first kappa shape index (κ1) is 11.9. The molecule has 1 amide bonds. The van der Waals surface area contributed by atoms with Gasteiger partial charge in [-0.05, 0) is 24.6 Å². The summed E-state index contributed by atoms with van der Waals surface area (Å²) in [5.41, 5.74) is 1.10. The number of carbonyl (C=O) groups is 1. The van der Waals surface area contributed by atoms with E-state index in [0.717, 1.165) is 11.3 Å². The van der Waals surface area contributed by atoms with Gasteiger partial charge < -0.3 is 14.4 Å². The second-order valence-electron chi connectivity index (χ2n) is 4.24. The molecule has 1 aromatic rings. The van der Waals surface area contributed by atoms with Crippen LogP contribution in [-0.4, -0.2) is 37.2 Å².